The van der Waals surface area contributed by atoms with Crippen molar-refractivity contribution < 1.29 is 23.0 Å². The summed E-state index contributed by atoms with van der Waals surface area (Å²) in [5.41, 5.74) is 2.39. The first-order chi connectivity index (χ1) is 14.8. The van der Waals surface area contributed by atoms with E-state index in [9.17, 15) is 13.5 Å². The van der Waals surface area contributed by atoms with E-state index in [1.807, 2.05) is 30.0 Å². The molecule has 1 saturated heterocycles. The van der Waals surface area contributed by atoms with Crippen molar-refractivity contribution in [1.29, 1.82) is 0 Å². The predicted octanol–water partition coefficient (Wildman–Crippen LogP) is 3.35. The third-order valence-corrected chi connectivity index (χ3v) is 7.45. The fraction of sp³-hybridized carbons (Fsp3) is 0.348. The lowest BCUT2D eigenvalue weighted by Gasteiger charge is -2.33. The lowest BCUT2D eigenvalue weighted by Crippen LogP contribution is -2.36. The molecule has 0 radical (unpaired) electrons. The zero-order valence-electron chi connectivity index (χ0n) is 17.8. The number of aliphatic hydroxyl groups is 1. The number of aryl methyl sites for hydroxylation is 1. The maximum Gasteiger partial charge on any atom is 0.210 e. The van der Waals surface area contributed by atoms with E-state index in [4.69, 9.17) is 9.47 Å². The molecule has 0 bridgehead atoms. The molecule has 1 aliphatic heterocycles. The van der Waals surface area contributed by atoms with Crippen LogP contribution in [0.5, 0.6) is 11.5 Å². The second kappa shape index (κ2) is 8.36. The number of aromatic nitrogens is 1. The number of fused-ring (bicyclic) bond motifs is 1. The Morgan fingerprint density at radius 2 is 1.74 bits per heavy atom. The number of piperidine rings is 1. The van der Waals surface area contributed by atoms with E-state index >= 15 is 0 Å². The molecule has 31 heavy (non-hydrogen) atoms. The summed E-state index contributed by atoms with van der Waals surface area (Å²) in [4.78, 5) is 6.75. The number of rotatable bonds is 5. The molecule has 0 saturated carbocycles. The number of hydrogen-bond acceptors (Lipinski definition) is 7. The van der Waals surface area contributed by atoms with Gasteiger partial charge in [0.05, 0.1) is 36.4 Å². The van der Waals surface area contributed by atoms with Gasteiger partial charge >= 0.3 is 0 Å². The number of ether oxygens (including phenoxy) is 2. The van der Waals surface area contributed by atoms with Gasteiger partial charge in [-0.2, -0.15) is 0 Å². The third kappa shape index (κ3) is 3.93. The van der Waals surface area contributed by atoms with Crippen molar-refractivity contribution in [3.05, 3.63) is 48.2 Å². The van der Waals surface area contributed by atoms with Gasteiger partial charge in [0.25, 0.3) is 0 Å². The van der Waals surface area contributed by atoms with Crippen LogP contribution in [0.2, 0.25) is 0 Å². The van der Waals surface area contributed by atoms with Crippen LogP contribution in [0.3, 0.4) is 0 Å². The average Bonchev–Trinajstić information content (AvgIpc) is 2.78. The van der Waals surface area contributed by atoms with Crippen LogP contribution in [0, 0.1) is 6.92 Å². The van der Waals surface area contributed by atoms with Crippen molar-refractivity contribution in [3.63, 3.8) is 0 Å². The summed E-state index contributed by atoms with van der Waals surface area (Å²) in [6.45, 7) is 3.12. The van der Waals surface area contributed by atoms with Gasteiger partial charge in [0, 0.05) is 30.7 Å². The first-order valence-electron chi connectivity index (χ1n) is 10.1. The van der Waals surface area contributed by atoms with Crippen LogP contribution in [0.4, 0.5) is 5.69 Å². The summed E-state index contributed by atoms with van der Waals surface area (Å²) in [6, 6.07) is 10.4. The largest absolute Gasteiger partial charge is 0.493 e. The highest BCUT2D eigenvalue weighted by atomic mass is 32.2. The lowest BCUT2D eigenvalue weighted by atomic mass is 10.0. The van der Waals surface area contributed by atoms with Crippen molar-refractivity contribution in [2.24, 2.45) is 0 Å². The number of pyridine rings is 1. The summed E-state index contributed by atoms with van der Waals surface area (Å²) in [7, 11) is -0.921. The summed E-state index contributed by atoms with van der Waals surface area (Å²) >= 11 is 0. The molecule has 1 fully saturated rings. The molecule has 1 aromatic heterocycles. The maximum atomic E-state index is 13.7. The topological polar surface area (TPSA) is 89.0 Å². The van der Waals surface area contributed by atoms with E-state index in [1.165, 1.54) is 32.5 Å². The minimum absolute atomic E-state index is 0.109. The summed E-state index contributed by atoms with van der Waals surface area (Å²) in [6.07, 6.45) is 2.25. The summed E-state index contributed by atoms with van der Waals surface area (Å²) in [5.74, 6) is 0.801. The SMILES string of the molecule is COc1ccc(S(=O)(=O)c2cnc3ccc(C)cc3c2N2CCC(O)CC2)cc1OC. The molecule has 0 unspecified atom stereocenters. The highest BCUT2D eigenvalue weighted by Crippen LogP contribution is 2.39. The summed E-state index contributed by atoms with van der Waals surface area (Å²) in [5, 5.41) is 10.8. The molecule has 2 aromatic carbocycles. The van der Waals surface area contributed by atoms with Gasteiger partial charge in [0.2, 0.25) is 9.84 Å². The van der Waals surface area contributed by atoms with E-state index in [0.29, 0.717) is 43.1 Å². The molecule has 0 amide bonds. The first kappa shape index (κ1) is 21.4. The Bertz CT molecular complexity index is 1220. The molecule has 0 spiro atoms. The van der Waals surface area contributed by atoms with E-state index in [0.717, 1.165) is 16.5 Å². The van der Waals surface area contributed by atoms with Crippen molar-refractivity contribution >= 4 is 26.4 Å². The van der Waals surface area contributed by atoms with Crippen LogP contribution < -0.4 is 14.4 Å². The molecule has 1 aliphatic rings. The number of benzene rings is 2. The third-order valence-electron chi connectivity index (χ3n) is 5.70. The van der Waals surface area contributed by atoms with Gasteiger partial charge in [-0.05, 0) is 44.0 Å². The fourth-order valence-electron chi connectivity index (χ4n) is 4.00. The zero-order valence-corrected chi connectivity index (χ0v) is 18.6. The van der Waals surface area contributed by atoms with Crippen LogP contribution in [0.25, 0.3) is 10.9 Å². The van der Waals surface area contributed by atoms with Crippen molar-refractivity contribution in [2.75, 3.05) is 32.2 Å². The average molecular weight is 443 g/mol. The van der Waals surface area contributed by atoms with Crippen LogP contribution >= 0.6 is 0 Å². The normalized spacial score (nSPS) is 15.3. The van der Waals surface area contributed by atoms with Gasteiger partial charge in [-0.25, -0.2) is 8.42 Å². The smallest absolute Gasteiger partial charge is 0.210 e. The van der Waals surface area contributed by atoms with Crippen molar-refractivity contribution in [2.45, 2.75) is 35.7 Å². The summed E-state index contributed by atoms with van der Waals surface area (Å²) < 4.78 is 38.0. The molecule has 1 N–H and O–H groups in total. The lowest BCUT2D eigenvalue weighted by molar-refractivity contribution is 0.145. The van der Waals surface area contributed by atoms with Crippen LogP contribution in [-0.4, -0.2) is 51.9 Å². The quantitative estimate of drug-likeness (QED) is 0.648. The molecule has 2 heterocycles. The molecule has 8 heteroatoms. The second-order valence-corrected chi connectivity index (χ2v) is 9.65. The Morgan fingerprint density at radius 3 is 2.42 bits per heavy atom. The Hall–Kier alpha value is -2.84. The van der Waals surface area contributed by atoms with Gasteiger partial charge in [0.15, 0.2) is 11.5 Å². The maximum absolute atomic E-state index is 13.7. The van der Waals surface area contributed by atoms with Gasteiger partial charge in [-0.15, -0.1) is 0 Å². The van der Waals surface area contributed by atoms with Crippen molar-refractivity contribution in [1.82, 2.24) is 4.98 Å². The molecule has 3 aromatic rings. The Labute approximate surface area is 182 Å². The standard InChI is InChI=1S/C23H26N2O5S/c1-15-4-6-19-18(12-15)23(25-10-8-16(26)9-11-25)22(14-24-19)31(27,28)17-5-7-20(29-2)21(13-17)30-3/h4-7,12-14,16,26H,8-11H2,1-3H3. The van der Waals surface area contributed by atoms with Gasteiger partial charge in [-0.3, -0.25) is 4.98 Å². The molecular formula is C23H26N2O5S. The number of nitrogens with zero attached hydrogens (tertiary/aromatic N) is 2. The zero-order chi connectivity index (χ0) is 22.2. The highest BCUT2D eigenvalue weighted by molar-refractivity contribution is 7.91. The van der Waals surface area contributed by atoms with Gasteiger partial charge in [0.1, 0.15) is 4.90 Å². The molecule has 7 nitrogen and oxygen atoms in total. The monoisotopic (exact) mass is 442 g/mol. The number of methoxy groups -OCH3 is 2. The van der Waals surface area contributed by atoms with E-state index in [1.54, 1.807) is 6.07 Å². The predicted molar refractivity (Wildman–Crippen MR) is 119 cm³/mol. The molecule has 0 aliphatic carbocycles. The van der Waals surface area contributed by atoms with Crippen LogP contribution in [0.15, 0.2) is 52.4 Å². The van der Waals surface area contributed by atoms with E-state index in [2.05, 4.69) is 4.98 Å². The Kier molecular flexibility index (Phi) is 5.77. The fourth-order valence-corrected chi connectivity index (χ4v) is 5.45. The molecular weight excluding hydrogens is 416 g/mol. The van der Waals surface area contributed by atoms with Gasteiger partial charge in [-0.1, -0.05) is 11.6 Å². The number of sulfone groups is 1. The van der Waals surface area contributed by atoms with Crippen LogP contribution in [0.1, 0.15) is 18.4 Å². The molecule has 0 atom stereocenters. The first-order valence-corrected chi connectivity index (χ1v) is 11.6. The van der Waals surface area contributed by atoms with E-state index < -0.39 is 9.84 Å². The Balaban J connectivity index is 1.93. The van der Waals surface area contributed by atoms with E-state index in [-0.39, 0.29) is 15.9 Å². The Morgan fingerprint density at radius 1 is 1.03 bits per heavy atom. The van der Waals surface area contributed by atoms with Gasteiger partial charge < -0.3 is 19.5 Å². The van der Waals surface area contributed by atoms with Crippen molar-refractivity contribution in [3.8, 4) is 11.5 Å². The minimum atomic E-state index is -3.90. The number of hydrogen-bond donors (Lipinski definition) is 1. The molecule has 164 valence electrons. The molecule has 4 rings (SSSR count). The second-order valence-electron chi connectivity index (χ2n) is 7.73. The minimum Gasteiger partial charge on any atom is -0.493 e. The van der Waals surface area contributed by atoms with Crippen LogP contribution in [-0.2, 0) is 9.84 Å². The number of aliphatic hydroxyl groups excluding tert-OH is 1. The highest BCUT2D eigenvalue weighted by Gasteiger charge is 2.29. The number of anilines is 1.